The molecule has 3 aromatic rings. The number of hydrogen-bond donors (Lipinski definition) is 1. The van der Waals surface area contributed by atoms with Crippen molar-refractivity contribution in [3.05, 3.63) is 76.2 Å². The van der Waals surface area contributed by atoms with Crippen molar-refractivity contribution >= 4 is 29.0 Å². The summed E-state index contributed by atoms with van der Waals surface area (Å²) < 4.78 is 10.9. The number of benzene rings is 2. The van der Waals surface area contributed by atoms with Crippen molar-refractivity contribution in [2.45, 2.75) is 29.7 Å². The van der Waals surface area contributed by atoms with E-state index in [1.54, 1.807) is 37.3 Å². The highest BCUT2D eigenvalue weighted by atomic mass is 32.2. The van der Waals surface area contributed by atoms with Crippen LogP contribution in [0.15, 0.2) is 64.3 Å². The zero-order valence-corrected chi connectivity index (χ0v) is 18.3. The number of rotatable bonds is 9. The predicted octanol–water partition coefficient (Wildman–Crippen LogP) is 4.95. The van der Waals surface area contributed by atoms with Gasteiger partial charge in [0.25, 0.3) is 5.91 Å². The van der Waals surface area contributed by atoms with Gasteiger partial charge in [0.1, 0.15) is 11.9 Å². The number of thioether (sulfide) groups is 1. The minimum absolute atomic E-state index is 0.116. The molecule has 5 nitrogen and oxygen atoms in total. The van der Waals surface area contributed by atoms with Gasteiger partial charge >= 0.3 is 0 Å². The van der Waals surface area contributed by atoms with Crippen LogP contribution in [0.2, 0.25) is 0 Å². The number of methoxy groups -OCH3 is 2. The van der Waals surface area contributed by atoms with Crippen LogP contribution in [0, 0.1) is 0 Å². The van der Waals surface area contributed by atoms with Crippen molar-refractivity contribution < 1.29 is 14.3 Å². The number of aromatic nitrogens is 1. The minimum atomic E-state index is -0.264. The van der Waals surface area contributed by atoms with E-state index < -0.39 is 0 Å². The Morgan fingerprint density at radius 2 is 1.93 bits per heavy atom. The fourth-order valence-corrected chi connectivity index (χ4v) is 4.64. The Hall–Kier alpha value is -2.35. The monoisotopic (exact) mass is 428 g/mol. The van der Waals surface area contributed by atoms with Crippen LogP contribution in [0.4, 0.5) is 0 Å². The van der Waals surface area contributed by atoms with Gasteiger partial charge in [-0.2, -0.15) is 0 Å². The van der Waals surface area contributed by atoms with Crippen LogP contribution in [0.5, 0.6) is 5.75 Å². The van der Waals surface area contributed by atoms with Crippen molar-refractivity contribution in [1.82, 2.24) is 10.3 Å². The van der Waals surface area contributed by atoms with E-state index >= 15 is 0 Å². The van der Waals surface area contributed by atoms with Gasteiger partial charge in [-0.1, -0.05) is 24.3 Å². The number of thiazole rings is 1. The Morgan fingerprint density at radius 1 is 1.17 bits per heavy atom. The van der Waals surface area contributed by atoms with E-state index in [-0.39, 0.29) is 18.1 Å². The molecule has 0 aliphatic heterocycles. The SMILES string of the molecule is COc1ccc([C@H](OC)[C@H](C)NC(=O)c2ccccc2SCc2cscn2)cc1. The molecule has 3 rings (SSSR count). The summed E-state index contributed by atoms with van der Waals surface area (Å²) in [5.41, 5.74) is 4.47. The standard InChI is InChI=1S/C22H24N2O3S2/c1-15(21(27-3)16-8-10-18(26-2)11-9-16)24-22(25)19-6-4-5-7-20(19)29-13-17-12-28-14-23-17/h4-12,14-15,21H,13H2,1-3H3,(H,24,25)/t15-,21+/m0/s1. The van der Waals surface area contributed by atoms with Gasteiger partial charge in [0.05, 0.1) is 29.9 Å². The van der Waals surface area contributed by atoms with Gasteiger partial charge in [-0.05, 0) is 36.8 Å². The van der Waals surface area contributed by atoms with Crippen LogP contribution in [0.1, 0.15) is 34.6 Å². The average Bonchev–Trinajstić information content (AvgIpc) is 3.27. The molecule has 0 aliphatic rings. The molecule has 1 heterocycles. The van der Waals surface area contributed by atoms with Gasteiger partial charge in [-0.15, -0.1) is 23.1 Å². The summed E-state index contributed by atoms with van der Waals surface area (Å²) in [4.78, 5) is 18.2. The first-order valence-corrected chi connectivity index (χ1v) is 11.1. The lowest BCUT2D eigenvalue weighted by Crippen LogP contribution is -2.38. The second-order valence-corrected chi connectivity index (χ2v) is 8.19. The van der Waals surface area contributed by atoms with Crippen molar-refractivity contribution in [3.63, 3.8) is 0 Å². The molecule has 0 bridgehead atoms. The van der Waals surface area contributed by atoms with E-state index in [0.29, 0.717) is 5.56 Å². The molecule has 1 N–H and O–H groups in total. The van der Waals surface area contributed by atoms with Crippen molar-refractivity contribution in [2.24, 2.45) is 0 Å². The van der Waals surface area contributed by atoms with Crippen LogP contribution in [0.3, 0.4) is 0 Å². The van der Waals surface area contributed by atoms with Gasteiger partial charge in [0.2, 0.25) is 0 Å². The third kappa shape index (κ3) is 5.59. The molecule has 0 saturated heterocycles. The Balaban J connectivity index is 1.69. The normalized spacial score (nSPS) is 12.9. The lowest BCUT2D eigenvalue weighted by atomic mass is 10.0. The maximum absolute atomic E-state index is 13.0. The highest BCUT2D eigenvalue weighted by molar-refractivity contribution is 7.98. The summed E-state index contributed by atoms with van der Waals surface area (Å²) in [6.45, 7) is 1.95. The van der Waals surface area contributed by atoms with E-state index in [9.17, 15) is 4.79 Å². The number of hydrogen-bond acceptors (Lipinski definition) is 6. The lowest BCUT2D eigenvalue weighted by Gasteiger charge is -2.24. The number of amides is 1. The smallest absolute Gasteiger partial charge is 0.252 e. The van der Waals surface area contributed by atoms with Crippen molar-refractivity contribution in [2.75, 3.05) is 14.2 Å². The summed E-state index contributed by atoms with van der Waals surface area (Å²) >= 11 is 3.19. The second-order valence-electron chi connectivity index (χ2n) is 6.46. The third-order valence-corrected chi connectivity index (χ3v) is 6.24. The Labute approximate surface area is 179 Å². The molecule has 0 spiro atoms. The first-order chi connectivity index (χ1) is 14.1. The van der Waals surface area contributed by atoms with Gasteiger partial charge in [0, 0.05) is 23.1 Å². The van der Waals surface area contributed by atoms with E-state index in [1.165, 1.54) is 0 Å². The summed E-state index contributed by atoms with van der Waals surface area (Å²) in [5.74, 6) is 1.40. The molecule has 0 fully saturated rings. The van der Waals surface area contributed by atoms with E-state index in [0.717, 1.165) is 27.7 Å². The number of carbonyl (C=O) groups is 1. The number of ether oxygens (including phenoxy) is 2. The minimum Gasteiger partial charge on any atom is -0.497 e. The fraction of sp³-hybridized carbons (Fsp3) is 0.273. The molecule has 0 saturated carbocycles. The molecule has 1 amide bonds. The van der Waals surface area contributed by atoms with Gasteiger partial charge in [-0.3, -0.25) is 4.79 Å². The largest absolute Gasteiger partial charge is 0.497 e. The van der Waals surface area contributed by atoms with Gasteiger partial charge in [0.15, 0.2) is 0 Å². The highest BCUT2D eigenvalue weighted by Crippen LogP contribution is 2.27. The molecule has 0 radical (unpaired) electrons. The van der Waals surface area contributed by atoms with Crippen LogP contribution < -0.4 is 10.1 Å². The lowest BCUT2D eigenvalue weighted by molar-refractivity contribution is 0.0643. The molecular weight excluding hydrogens is 404 g/mol. The van der Waals surface area contributed by atoms with Gasteiger partial charge < -0.3 is 14.8 Å². The molecule has 2 aromatic carbocycles. The van der Waals surface area contributed by atoms with E-state index in [4.69, 9.17) is 9.47 Å². The maximum Gasteiger partial charge on any atom is 0.252 e. The molecule has 2 atom stereocenters. The fourth-order valence-electron chi connectivity index (χ4n) is 3.02. The number of carbonyl (C=O) groups excluding carboxylic acids is 1. The predicted molar refractivity (Wildman–Crippen MR) is 118 cm³/mol. The van der Waals surface area contributed by atoms with Crippen molar-refractivity contribution in [1.29, 1.82) is 0 Å². The molecule has 29 heavy (non-hydrogen) atoms. The first kappa shape index (κ1) is 21.4. The highest BCUT2D eigenvalue weighted by Gasteiger charge is 2.22. The Morgan fingerprint density at radius 3 is 2.59 bits per heavy atom. The zero-order chi connectivity index (χ0) is 20.6. The second kappa shape index (κ2) is 10.4. The number of nitrogens with zero attached hydrogens (tertiary/aromatic N) is 1. The van der Waals surface area contributed by atoms with Crippen LogP contribution in [-0.4, -0.2) is 31.2 Å². The van der Waals surface area contributed by atoms with Gasteiger partial charge in [-0.25, -0.2) is 4.98 Å². The zero-order valence-electron chi connectivity index (χ0n) is 16.6. The van der Waals surface area contributed by atoms with Crippen LogP contribution in [0.25, 0.3) is 0 Å². The molecular formula is C22H24N2O3S2. The molecule has 152 valence electrons. The Bertz CT molecular complexity index is 914. The topological polar surface area (TPSA) is 60.5 Å². The third-order valence-electron chi connectivity index (χ3n) is 4.50. The number of nitrogens with one attached hydrogen (secondary N) is 1. The maximum atomic E-state index is 13.0. The van der Waals surface area contributed by atoms with E-state index in [1.807, 2.05) is 66.3 Å². The Kier molecular flexibility index (Phi) is 7.69. The average molecular weight is 429 g/mol. The molecule has 0 unspecified atom stereocenters. The van der Waals surface area contributed by atoms with E-state index in [2.05, 4.69) is 10.3 Å². The summed E-state index contributed by atoms with van der Waals surface area (Å²) in [6.07, 6.45) is -0.264. The molecule has 1 aromatic heterocycles. The molecule has 0 aliphatic carbocycles. The summed E-state index contributed by atoms with van der Waals surface area (Å²) in [7, 11) is 3.28. The van der Waals surface area contributed by atoms with Crippen molar-refractivity contribution in [3.8, 4) is 5.75 Å². The molecule has 7 heteroatoms. The van der Waals surface area contributed by atoms with Crippen LogP contribution in [-0.2, 0) is 10.5 Å². The summed E-state index contributed by atoms with van der Waals surface area (Å²) in [5, 5.41) is 5.11. The summed E-state index contributed by atoms with van der Waals surface area (Å²) in [6, 6.07) is 15.1. The first-order valence-electron chi connectivity index (χ1n) is 9.19. The quantitative estimate of drug-likeness (QED) is 0.489. The van der Waals surface area contributed by atoms with Crippen LogP contribution >= 0.6 is 23.1 Å².